The Morgan fingerprint density at radius 3 is 1.94 bits per heavy atom. The molecular formula is C12H26N2O3. The molecule has 0 rings (SSSR count). The first-order valence-electron chi connectivity index (χ1n) is 6.41. The van der Waals surface area contributed by atoms with Crippen molar-refractivity contribution in [2.45, 2.75) is 26.7 Å². The quantitative estimate of drug-likeness (QED) is 0.566. The summed E-state index contributed by atoms with van der Waals surface area (Å²) in [6.45, 7) is 7.50. The Labute approximate surface area is 104 Å². The van der Waals surface area contributed by atoms with Crippen molar-refractivity contribution in [3.05, 3.63) is 0 Å². The molecule has 0 bridgehead atoms. The number of aliphatic hydroxyl groups is 2. The molecule has 0 fully saturated rings. The van der Waals surface area contributed by atoms with Crippen LogP contribution in [0, 0.1) is 0 Å². The summed E-state index contributed by atoms with van der Waals surface area (Å²) in [4.78, 5) is 15.5. The summed E-state index contributed by atoms with van der Waals surface area (Å²) in [5, 5.41) is 17.7. The highest BCUT2D eigenvalue weighted by molar-refractivity contribution is 5.76. The van der Waals surface area contributed by atoms with Crippen molar-refractivity contribution >= 4 is 5.91 Å². The Bertz CT molecular complexity index is 190. The van der Waals surface area contributed by atoms with Gasteiger partial charge in [-0.2, -0.15) is 0 Å². The van der Waals surface area contributed by atoms with Gasteiger partial charge in [-0.3, -0.25) is 9.69 Å². The molecule has 0 heterocycles. The minimum Gasteiger partial charge on any atom is -0.395 e. The second-order valence-corrected chi connectivity index (χ2v) is 3.96. The Morgan fingerprint density at radius 1 is 1.00 bits per heavy atom. The second-order valence-electron chi connectivity index (χ2n) is 3.96. The van der Waals surface area contributed by atoms with E-state index in [1.165, 1.54) is 0 Å². The van der Waals surface area contributed by atoms with Crippen LogP contribution in [0.3, 0.4) is 0 Å². The van der Waals surface area contributed by atoms with Crippen molar-refractivity contribution in [3.8, 4) is 0 Å². The Kier molecular flexibility index (Phi) is 10.1. The highest BCUT2D eigenvalue weighted by atomic mass is 16.3. The van der Waals surface area contributed by atoms with Gasteiger partial charge in [0.05, 0.1) is 13.2 Å². The van der Waals surface area contributed by atoms with Crippen LogP contribution in [-0.4, -0.2) is 71.9 Å². The average Bonchev–Trinajstić information content (AvgIpc) is 2.31. The molecule has 0 spiro atoms. The van der Waals surface area contributed by atoms with Crippen molar-refractivity contribution in [3.63, 3.8) is 0 Å². The third-order valence-electron chi connectivity index (χ3n) is 2.81. The van der Waals surface area contributed by atoms with Crippen LogP contribution in [0.25, 0.3) is 0 Å². The van der Waals surface area contributed by atoms with Crippen molar-refractivity contribution in [1.29, 1.82) is 0 Å². The Hall–Kier alpha value is -0.650. The maximum absolute atomic E-state index is 11.7. The predicted octanol–water partition coefficient (Wildman–Crippen LogP) is -0.0784. The minimum absolute atomic E-state index is 0.0873. The number of nitrogens with zero attached hydrogens (tertiary/aromatic N) is 2. The van der Waals surface area contributed by atoms with Crippen LogP contribution in [-0.2, 0) is 4.79 Å². The van der Waals surface area contributed by atoms with E-state index in [9.17, 15) is 4.79 Å². The van der Waals surface area contributed by atoms with Crippen LogP contribution in [0.4, 0.5) is 0 Å². The largest absolute Gasteiger partial charge is 0.395 e. The Morgan fingerprint density at radius 2 is 1.53 bits per heavy atom. The van der Waals surface area contributed by atoms with Gasteiger partial charge < -0.3 is 15.1 Å². The number of hydrogen-bond donors (Lipinski definition) is 2. The van der Waals surface area contributed by atoms with E-state index < -0.39 is 0 Å². The van der Waals surface area contributed by atoms with E-state index in [1.807, 2.05) is 23.6 Å². The van der Waals surface area contributed by atoms with Crippen LogP contribution in [0.1, 0.15) is 26.7 Å². The van der Waals surface area contributed by atoms with Crippen molar-refractivity contribution in [2.24, 2.45) is 0 Å². The lowest BCUT2D eigenvalue weighted by Gasteiger charge is -2.22. The predicted molar refractivity (Wildman–Crippen MR) is 67.8 cm³/mol. The topological polar surface area (TPSA) is 64.0 Å². The molecule has 0 saturated heterocycles. The zero-order valence-electron chi connectivity index (χ0n) is 11.1. The zero-order chi connectivity index (χ0) is 13.1. The normalized spacial score (nSPS) is 10.9. The SMILES string of the molecule is CCN(CC)C(=O)CCCN(CCO)CCO. The van der Waals surface area contributed by atoms with Crippen LogP contribution < -0.4 is 0 Å². The number of hydrogen-bond acceptors (Lipinski definition) is 4. The Balaban J connectivity index is 3.82. The fourth-order valence-corrected chi connectivity index (χ4v) is 1.81. The summed E-state index contributed by atoms with van der Waals surface area (Å²) in [5.74, 6) is 0.183. The van der Waals surface area contributed by atoms with E-state index in [0.29, 0.717) is 19.5 Å². The number of amides is 1. The maximum Gasteiger partial charge on any atom is 0.222 e. The maximum atomic E-state index is 11.7. The van der Waals surface area contributed by atoms with Gasteiger partial charge in [0.25, 0.3) is 0 Å². The number of carbonyl (C=O) groups is 1. The first kappa shape index (κ1) is 16.4. The molecule has 17 heavy (non-hydrogen) atoms. The summed E-state index contributed by atoms with van der Waals surface area (Å²) >= 11 is 0. The molecule has 0 aromatic carbocycles. The molecule has 0 unspecified atom stereocenters. The molecule has 1 amide bonds. The summed E-state index contributed by atoms with van der Waals surface area (Å²) in [5.41, 5.74) is 0. The lowest BCUT2D eigenvalue weighted by Crippen LogP contribution is -2.33. The van der Waals surface area contributed by atoms with E-state index in [-0.39, 0.29) is 19.1 Å². The molecule has 102 valence electrons. The number of carbonyl (C=O) groups excluding carboxylic acids is 1. The average molecular weight is 246 g/mol. The summed E-state index contributed by atoms with van der Waals surface area (Å²) < 4.78 is 0. The third-order valence-corrected chi connectivity index (χ3v) is 2.81. The summed E-state index contributed by atoms with van der Waals surface area (Å²) in [6.07, 6.45) is 1.31. The molecule has 0 aromatic rings. The fraction of sp³-hybridized carbons (Fsp3) is 0.917. The van der Waals surface area contributed by atoms with Gasteiger partial charge in [0.1, 0.15) is 0 Å². The second kappa shape index (κ2) is 10.5. The van der Waals surface area contributed by atoms with Gasteiger partial charge in [-0.1, -0.05) is 0 Å². The standard InChI is InChI=1S/C12H26N2O3/c1-3-14(4-2)12(17)6-5-7-13(8-10-15)9-11-16/h15-16H,3-11H2,1-2H3. The molecule has 2 N–H and O–H groups in total. The molecule has 0 radical (unpaired) electrons. The van der Waals surface area contributed by atoms with E-state index in [0.717, 1.165) is 26.1 Å². The van der Waals surface area contributed by atoms with Crippen molar-refractivity contribution in [1.82, 2.24) is 9.80 Å². The molecule has 5 heteroatoms. The van der Waals surface area contributed by atoms with Gasteiger partial charge in [0.2, 0.25) is 5.91 Å². The van der Waals surface area contributed by atoms with Crippen LogP contribution in [0.5, 0.6) is 0 Å². The molecule has 0 aliphatic heterocycles. The monoisotopic (exact) mass is 246 g/mol. The minimum atomic E-state index is 0.0873. The summed E-state index contributed by atoms with van der Waals surface area (Å²) in [6, 6.07) is 0. The van der Waals surface area contributed by atoms with Gasteiger partial charge in [-0.05, 0) is 26.8 Å². The van der Waals surface area contributed by atoms with Gasteiger partial charge in [0, 0.05) is 32.6 Å². The van der Waals surface area contributed by atoms with Crippen molar-refractivity contribution < 1.29 is 15.0 Å². The van der Waals surface area contributed by atoms with Crippen LogP contribution in [0.2, 0.25) is 0 Å². The van der Waals surface area contributed by atoms with E-state index in [2.05, 4.69) is 0 Å². The smallest absolute Gasteiger partial charge is 0.222 e. The molecular weight excluding hydrogens is 220 g/mol. The van der Waals surface area contributed by atoms with Gasteiger partial charge in [-0.25, -0.2) is 0 Å². The molecule has 0 saturated carbocycles. The fourth-order valence-electron chi connectivity index (χ4n) is 1.81. The molecule has 0 aliphatic rings. The van der Waals surface area contributed by atoms with Gasteiger partial charge in [0.15, 0.2) is 0 Å². The number of rotatable bonds is 10. The molecule has 5 nitrogen and oxygen atoms in total. The molecule has 0 aromatic heterocycles. The summed E-state index contributed by atoms with van der Waals surface area (Å²) in [7, 11) is 0. The molecule has 0 atom stereocenters. The third kappa shape index (κ3) is 7.31. The van der Waals surface area contributed by atoms with Crippen LogP contribution >= 0.6 is 0 Å². The van der Waals surface area contributed by atoms with E-state index in [4.69, 9.17) is 10.2 Å². The van der Waals surface area contributed by atoms with Crippen LogP contribution in [0.15, 0.2) is 0 Å². The van der Waals surface area contributed by atoms with E-state index in [1.54, 1.807) is 0 Å². The lowest BCUT2D eigenvalue weighted by atomic mass is 10.2. The highest BCUT2D eigenvalue weighted by Crippen LogP contribution is 2.00. The highest BCUT2D eigenvalue weighted by Gasteiger charge is 2.10. The first-order chi connectivity index (χ1) is 8.19. The van der Waals surface area contributed by atoms with Gasteiger partial charge >= 0.3 is 0 Å². The van der Waals surface area contributed by atoms with Gasteiger partial charge in [-0.15, -0.1) is 0 Å². The molecule has 0 aliphatic carbocycles. The zero-order valence-corrected chi connectivity index (χ0v) is 11.1. The number of aliphatic hydroxyl groups excluding tert-OH is 2. The van der Waals surface area contributed by atoms with E-state index >= 15 is 0 Å². The first-order valence-corrected chi connectivity index (χ1v) is 6.41. The lowest BCUT2D eigenvalue weighted by molar-refractivity contribution is -0.130. The van der Waals surface area contributed by atoms with Crippen molar-refractivity contribution in [2.75, 3.05) is 45.9 Å².